The average Bonchev–Trinajstić information content (AvgIpc) is 2.61. The molecule has 0 saturated carbocycles. The summed E-state index contributed by atoms with van der Waals surface area (Å²) in [6.45, 7) is -0.110. The second kappa shape index (κ2) is 8.72. The molecule has 2 aromatic rings. The van der Waals surface area contributed by atoms with Crippen LogP contribution in [0, 0.1) is 0 Å². The van der Waals surface area contributed by atoms with Gasteiger partial charge in [0.25, 0.3) is 0 Å². The number of aliphatic hydroxyl groups is 2. The fraction of sp³-hybridized carbons (Fsp3) is 0.167. The molecular weight excluding hydrogens is 320 g/mol. The number of aliphatic hydroxyl groups excluding tert-OH is 2. The Kier molecular flexibility index (Phi) is 6.39. The number of carbonyl (C=O) groups is 1. The molecule has 1 amide bonds. The van der Waals surface area contributed by atoms with Crippen molar-refractivity contribution in [3.63, 3.8) is 0 Å². The molecule has 7 nitrogen and oxygen atoms in total. The minimum absolute atomic E-state index is 0.210. The second-order valence-electron chi connectivity index (χ2n) is 5.51. The van der Waals surface area contributed by atoms with Crippen molar-refractivity contribution in [3.05, 3.63) is 54.1 Å². The number of benzene rings is 2. The Hall–Kier alpha value is -3.03. The molecule has 0 bridgehead atoms. The molecule has 0 saturated heterocycles. The maximum absolute atomic E-state index is 12.0. The van der Waals surface area contributed by atoms with Crippen LogP contribution in [0.15, 0.2) is 48.5 Å². The van der Waals surface area contributed by atoms with E-state index in [9.17, 15) is 9.90 Å². The van der Waals surface area contributed by atoms with E-state index >= 15 is 0 Å². The zero-order valence-corrected chi connectivity index (χ0v) is 13.6. The molecule has 132 valence electrons. The molecule has 1 atom stereocenters. The number of rotatable bonds is 7. The number of nitrogens with two attached hydrogens (primary N) is 2. The highest BCUT2D eigenvalue weighted by molar-refractivity contribution is 6.02. The summed E-state index contributed by atoms with van der Waals surface area (Å²) >= 11 is 0. The molecule has 0 heterocycles. The van der Waals surface area contributed by atoms with Crippen molar-refractivity contribution >= 4 is 34.7 Å². The summed E-state index contributed by atoms with van der Waals surface area (Å²) in [4.78, 5) is 12.0. The van der Waals surface area contributed by atoms with Gasteiger partial charge in [0.1, 0.15) is 0 Å². The van der Waals surface area contributed by atoms with Crippen molar-refractivity contribution < 1.29 is 15.0 Å². The SMILES string of the molecule is Nc1ccc(NC(=O)C=Cc2cc(NCC(O)CO)ccc2N)cc1. The highest BCUT2D eigenvalue weighted by Gasteiger charge is 2.04. The fourth-order valence-electron chi connectivity index (χ4n) is 2.05. The van der Waals surface area contributed by atoms with E-state index in [1.54, 1.807) is 48.5 Å². The third-order valence-electron chi connectivity index (χ3n) is 3.43. The standard InChI is InChI=1S/C18H22N4O3/c19-13-2-4-14(5-3-13)22-18(25)8-1-12-9-15(6-7-17(12)20)21-10-16(24)11-23/h1-9,16,21,23-24H,10-11,19-20H2,(H,22,25). The van der Waals surface area contributed by atoms with Crippen LogP contribution >= 0.6 is 0 Å². The van der Waals surface area contributed by atoms with Crippen LogP contribution in [0.1, 0.15) is 5.56 Å². The first-order chi connectivity index (χ1) is 12.0. The van der Waals surface area contributed by atoms with Crippen molar-refractivity contribution in [1.82, 2.24) is 0 Å². The fourth-order valence-corrected chi connectivity index (χ4v) is 2.05. The van der Waals surface area contributed by atoms with Gasteiger partial charge in [-0.3, -0.25) is 4.79 Å². The average molecular weight is 342 g/mol. The Morgan fingerprint density at radius 1 is 1.12 bits per heavy atom. The normalized spacial score (nSPS) is 12.1. The second-order valence-corrected chi connectivity index (χ2v) is 5.51. The first-order valence-corrected chi connectivity index (χ1v) is 7.75. The molecule has 0 spiro atoms. The van der Waals surface area contributed by atoms with Crippen LogP contribution in [0.4, 0.5) is 22.7 Å². The Labute approximate surface area is 146 Å². The lowest BCUT2D eigenvalue weighted by Gasteiger charge is -2.11. The Bertz CT molecular complexity index is 744. The minimum atomic E-state index is -0.845. The monoisotopic (exact) mass is 342 g/mol. The summed E-state index contributed by atoms with van der Waals surface area (Å²) in [5.41, 5.74) is 14.7. The predicted molar refractivity (Wildman–Crippen MR) is 101 cm³/mol. The molecule has 0 aliphatic heterocycles. The Morgan fingerprint density at radius 2 is 1.80 bits per heavy atom. The van der Waals surface area contributed by atoms with Gasteiger partial charge in [0, 0.05) is 35.4 Å². The summed E-state index contributed by atoms with van der Waals surface area (Å²) in [6.07, 6.45) is 2.14. The number of amides is 1. The molecule has 25 heavy (non-hydrogen) atoms. The first kappa shape index (κ1) is 18.3. The molecule has 0 aliphatic rings. The summed E-state index contributed by atoms with van der Waals surface area (Å²) in [6, 6.07) is 12.0. The number of hydrogen-bond donors (Lipinski definition) is 6. The molecule has 0 aromatic heterocycles. The lowest BCUT2D eigenvalue weighted by molar-refractivity contribution is -0.111. The molecule has 0 radical (unpaired) electrons. The quantitative estimate of drug-likeness (QED) is 0.331. The van der Waals surface area contributed by atoms with E-state index < -0.39 is 6.10 Å². The van der Waals surface area contributed by atoms with Crippen LogP contribution in [-0.2, 0) is 4.79 Å². The van der Waals surface area contributed by atoms with Crippen molar-refractivity contribution in [3.8, 4) is 0 Å². The van der Waals surface area contributed by atoms with E-state index in [4.69, 9.17) is 16.6 Å². The zero-order valence-electron chi connectivity index (χ0n) is 13.6. The van der Waals surface area contributed by atoms with Crippen molar-refractivity contribution in [1.29, 1.82) is 0 Å². The summed E-state index contributed by atoms with van der Waals surface area (Å²) in [5, 5.41) is 23.9. The van der Waals surface area contributed by atoms with Crippen LogP contribution in [0.2, 0.25) is 0 Å². The largest absolute Gasteiger partial charge is 0.399 e. The van der Waals surface area contributed by atoms with Gasteiger partial charge in [0.05, 0.1) is 12.7 Å². The van der Waals surface area contributed by atoms with Gasteiger partial charge in [-0.15, -0.1) is 0 Å². The Balaban J connectivity index is 2.01. The lowest BCUT2D eigenvalue weighted by Crippen LogP contribution is -2.22. The lowest BCUT2D eigenvalue weighted by atomic mass is 10.1. The number of carbonyl (C=O) groups excluding carboxylic acids is 1. The van der Waals surface area contributed by atoms with Crippen molar-refractivity contribution in [2.45, 2.75) is 6.10 Å². The molecule has 2 aromatic carbocycles. The molecule has 0 fully saturated rings. The van der Waals surface area contributed by atoms with Crippen LogP contribution in [0.5, 0.6) is 0 Å². The molecule has 8 N–H and O–H groups in total. The van der Waals surface area contributed by atoms with Crippen molar-refractivity contribution in [2.24, 2.45) is 0 Å². The smallest absolute Gasteiger partial charge is 0.248 e. The predicted octanol–water partition coefficient (Wildman–Crippen LogP) is 1.27. The van der Waals surface area contributed by atoms with Crippen LogP contribution in [-0.4, -0.2) is 35.4 Å². The van der Waals surface area contributed by atoms with E-state index in [0.29, 0.717) is 22.6 Å². The van der Waals surface area contributed by atoms with E-state index in [-0.39, 0.29) is 19.1 Å². The minimum Gasteiger partial charge on any atom is -0.399 e. The van der Waals surface area contributed by atoms with Crippen molar-refractivity contribution in [2.75, 3.05) is 35.3 Å². The zero-order chi connectivity index (χ0) is 18.2. The van der Waals surface area contributed by atoms with Gasteiger partial charge in [0.15, 0.2) is 0 Å². The molecule has 0 aliphatic carbocycles. The summed E-state index contributed by atoms with van der Waals surface area (Å²) in [5.74, 6) is -0.293. The topological polar surface area (TPSA) is 134 Å². The highest BCUT2D eigenvalue weighted by atomic mass is 16.3. The molecule has 1 unspecified atom stereocenters. The maximum Gasteiger partial charge on any atom is 0.248 e. The molecule has 7 heteroatoms. The van der Waals surface area contributed by atoms with Crippen LogP contribution < -0.4 is 22.1 Å². The van der Waals surface area contributed by atoms with Gasteiger partial charge in [-0.2, -0.15) is 0 Å². The summed E-state index contributed by atoms with van der Waals surface area (Å²) in [7, 11) is 0. The van der Waals surface area contributed by atoms with Gasteiger partial charge in [0.2, 0.25) is 5.91 Å². The third kappa shape index (κ3) is 5.83. The number of nitrogen functional groups attached to an aromatic ring is 2. The van der Waals surface area contributed by atoms with Gasteiger partial charge in [-0.05, 0) is 54.1 Å². The van der Waals surface area contributed by atoms with E-state index in [0.717, 1.165) is 5.69 Å². The van der Waals surface area contributed by atoms with Gasteiger partial charge in [-0.25, -0.2) is 0 Å². The van der Waals surface area contributed by atoms with E-state index in [2.05, 4.69) is 10.6 Å². The number of anilines is 4. The van der Waals surface area contributed by atoms with E-state index in [1.807, 2.05) is 0 Å². The summed E-state index contributed by atoms with van der Waals surface area (Å²) < 4.78 is 0. The highest BCUT2D eigenvalue weighted by Crippen LogP contribution is 2.19. The third-order valence-corrected chi connectivity index (χ3v) is 3.43. The maximum atomic E-state index is 12.0. The number of hydrogen-bond acceptors (Lipinski definition) is 6. The van der Waals surface area contributed by atoms with Crippen LogP contribution in [0.25, 0.3) is 6.08 Å². The van der Waals surface area contributed by atoms with Crippen LogP contribution in [0.3, 0.4) is 0 Å². The molecular formula is C18H22N4O3. The van der Waals surface area contributed by atoms with Gasteiger partial charge < -0.3 is 32.3 Å². The van der Waals surface area contributed by atoms with Gasteiger partial charge in [-0.1, -0.05) is 0 Å². The first-order valence-electron chi connectivity index (χ1n) is 7.75. The Morgan fingerprint density at radius 3 is 2.48 bits per heavy atom. The number of nitrogens with one attached hydrogen (secondary N) is 2. The van der Waals surface area contributed by atoms with E-state index in [1.165, 1.54) is 6.08 Å². The van der Waals surface area contributed by atoms with Gasteiger partial charge >= 0.3 is 0 Å². The molecule has 2 rings (SSSR count).